The van der Waals surface area contributed by atoms with Crippen molar-refractivity contribution in [2.75, 3.05) is 23.7 Å². The third kappa shape index (κ3) is 3.56. The number of hydrogen-bond acceptors (Lipinski definition) is 5. The Morgan fingerprint density at radius 2 is 1.95 bits per heavy atom. The molecule has 1 heterocycles. The Morgan fingerprint density at radius 1 is 1.21 bits per heavy atom. The number of anilines is 2. The van der Waals surface area contributed by atoms with E-state index >= 15 is 0 Å². The maximum atomic E-state index is 9.55. The highest BCUT2D eigenvalue weighted by Gasteiger charge is 2.22. The molecule has 5 nitrogen and oxygen atoms in total. The van der Waals surface area contributed by atoms with Crippen LogP contribution in [0.5, 0.6) is 0 Å². The van der Waals surface area contributed by atoms with E-state index in [4.69, 9.17) is 0 Å². The second-order valence-electron chi connectivity index (χ2n) is 5.15. The summed E-state index contributed by atoms with van der Waals surface area (Å²) in [7, 11) is 0. The summed E-state index contributed by atoms with van der Waals surface area (Å²) in [4.78, 5) is 8.64. The van der Waals surface area contributed by atoms with E-state index in [2.05, 4.69) is 34.4 Å². The van der Waals surface area contributed by atoms with Gasteiger partial charge in [-0.3, -0.25) is 0 Å². The van der Waals surface area contributed by atoms with Gasteiger partial charge in [-0.1, -0.05) is 6.92 Å². The number of hydrogen-bond donors (Lipinski definition) is 3. The smallest absolute Gasteiger partial charge is 0.134 e. The van der Waals surface area contributed by atoms with Gasteiger partial charge in [0, 0.05) is 18.7 Å². The molecule has 2 unspecified atom stereocenters. The fourth-order valence-corrected chi connectivity index (χ4v) is 2.69. The van der Waals surface area contributed by atoms with Crippen LogP contribution >= 0.6 is 0 Å². The number of nitrogens with zero attached hydrogens (tertiary/aromatic N) is 2. The SMILES string of the molecule is CCNc1ncnc(NCC2CCC(O)C2)c1CC. The lowest BCUT2D eigenvalue weighted by Crippen LogP contribution is -2.16. The van der Waals surface area contributed by atoms with Crippen LogP contribution in [0.15, 0.2) is 6.33 Å². The zero-order valence-corrected chi connectivity index (χ0v) is 11.8. The molecule has 0 spiro atoms. The Hall–Kier alpha value is -1.36. The molecule has 0 amide bonds. The van der Waals surface area contributed by atoms with Crippen LogP contribution in [0.2, 0.25) is 0 Å². The summed E-state index contributed by atoms with van der Waals surface area (Å²) in [5, 5.41) is 16.2. The molecule has 0 aromatic carbocycles. The van der Waals surface area contributed by atoms with E-state index in [1.165, 1.54) is 0 Å². The molecule has 1 aliphatic carbocycles. The van der Waals surface area contributed by atoms with Crippen molar-refractivity contribution >= 4 is 11.6 Å². The maximum Gasteiger partial charge on any atom is 0.134 e. The van der Waals surface area contributed by atoms with Gasteiger partial charge in [0.15, 0.2) is 0 Å². The largest absolute Gasteiger partial charge is 0.393 e. The van der Waals surface area contributed by atoms with Gasteiger partial charge in [0.2, 0.25) is 0 Å². The van der Waals surface area contributed by atoms with E-state index in [9.17, 15) is 5.11 Å². The lowest BCUT2D eigenvalue weighted by atomic mass is 10.1. The molecule has 1 aliphatic rings. The van der Waals surface area contributed by atoms with Crippen LogP contribution in [-0.4, -0.2) is 34.3 Å². The fraction of sp³-hybridized carbons (Fsp3) is 0.714. The Labute approximate surface area is 114 Å². The van der Waals surface area contributed by atoms with Gasteiger partial charge < -0.3 is 15.7 Å². The van der Waals surface area contributed by atoms with E-state index < -0.39 is 0 Å². The minimum atomic E-state index is -0.111. The van der Waals surface area contributed by atoms with Crippen molar-refractivity contribution in [3.8, 4) is 0 Å². The Bertz CT molecular complexity index is 410. The van der Waals surface area contributed by atoms with Gasteiger partial charge in [-0.05, 0) is 38.5 Å². The van der Waals surface area contributed by atoms with Crippen molar-refractivity contribution in [2.45, 2.75) is 45.6 Å². The van der Waals surface area contributed by atoms with E-state index in [1.807, 2.05) is 0 Å². The summed E-state index contributed by atoms with van der Waals surface area (Å²) >= 11 is 0. The Morgan fingerprint density at radius 3 is 2.53 bits per heavy atom. The lowest BCUT2D eigenvalue weighted by Gasteiger charge is -2.16. The molecular weight excluding hydrogens is 240 g/mol. The predicted molar refractivity (Wildman–Crippen MR) is 77.4 cm³/mol. The molecule has 0 radical (unpaired) electrons. The van der Waals surface area contributed by atoms with Crippen molar-refractivity contribution in [2.24, 2.45) is 5.92 Å². The highest BCUT2D eigenvalue weighted by molar-refractivity contribution is 5.57. The number of aliphatic hydroxyl groups is 1. The van der Waals surface area contributed by atoms with Crippen LogP contribution in [-0.2, 0) is 6.42 Å². The summed E-state index contributed by atoms with van der Waals surface area (Å²) in [6.07, 6.45) is 5.32. The highest BCUT2D eigenvalue weighted by atomic mass is 16.3. The first-order valence-corrected chi connectivity index (χ1v) is 7.24. The molecule has 19 heavy (non-hydrogen) atoms. The number of aromatic nitrogens is 2. The van der Waals surface area contributed by atoms with Gasteiger partial charge in [-0.2, -0.15) is 0 Å². The third-order valence-corrected chi connectivity index (χ3v) is 3.71. The molecular formula is C14H24N4O. The van der Waals surface area contributed by atoms with Crippen LogP contribution in [0.1, 0.15) is 38.7 Å². The summed E-state index contributed by atoms with van der Waals surface area (Å²) < 4.78 is 0. The minimum absolute atomic E-state index is 0.111. The quantitative estimate of drug-likeness (QED) is 0.733. The van der Waals surface area contributed by atoms with E-state index in [0.717, 1.165) is 56.0 Å². The zero-order valence-electron chi connectivity index (χ0n) is 11.8. The van der Waals surface area contributed by atoms with Crippen LogP contribution in [0.25, 0.3) is 0 Å². The molecule has 3 N–H and O–H groups in total. The predicted octanol–water partition coefficient (Wildman–Crippen LogP) is 2.04. The van der Waals surface area contributed by atoms with Crippen molar-refractivity contribution in [3.63, 3.8) is 0 Å². The summed E-state index contributed by atoms with van der Waals surface area (Å²) in [5.41, 5.74) is 1.14. The van der Waals surface area contributed by atoms with Crippen LogP contribution in [0.3, 0.4) is 0 Å². The fourth-order valence-electron chi connectivity index (χ4n) is 2.69. The van der Waals surface area contributed by atoms with Crippen molar-refractivity contribution in [1.29, 1.82) is 0 Å². The summed E-state index contributed by atoms with van der Waals surface area (Å²) in [6, 6.07) is 0. The van der Waals surface area contributed by atoms with Gasteiger partial charge in [-0.15, -0.1) is 0 Å². The van der Waals surface area contributed by atoms with Crippen molar-refractivity contribution in [3.05, 3.63) is 11.9 Å². The van der Waals surface area contributed by atoms with E-state index in [-0.39, 0.29) is 6.10 Å². The third-order valence-electron chi connectivity index (χ3n) is 3.71. The molecule has 1 aromatic rings. The molecule has 2 rings (SSSR count). The molecule has 5 heteroatoms. The second kappa shape index (κ2) is 6.70. The number of rotatable bonds is 6. The van der Waals surface area contributed by atoms with Crippen molar-refractivity contribution in [1.82, 2.24) is 9.97 Å². The first-order chi connectivity index (χ1) is 9.24. The van der Waals surface area contributed by atoms with Gasteiger partial charge in [0.25, 0.3) is 0 Å². The van der Waals surface area contributed by atoms with Crippen LogP contribution in [0.4, 0.5) is 11.6 Å². The van der Waals surface area contributed by atoms with Crippen molar-refractivity contribution < 1.29 is 5.11 Å². The van der Waals surface area contributed by atoms with Gasteiger partial charge in [0.1, 0.15) is 18.0 Å². The van der Waals surface area contributed by atoms with Gasteiger partial charge in [0.05, 0.1) is 6.10 Å². The lowest BCUT2D eigenvalue weighted by molar-refractivity contribution is 0.178. The summed E-state index contributed by atoms with van der Waals surface area (Å²) in [6.45, 7) is 5.92. The molecule has 1 fully saturated rings. The molecule has 0 saturated heterocycles. The van der Waals surface area contributed by atoms with E-state index in [0.29, 0.717) is 5.92 Å². The van der Waals surface area contributed by atoms with Crippen LogP contribution < -0.4 is 10.6 Å². The molecule has 106 valence electrons. The molecule has 2 atom stereocenters. The second-order valence-corrected chi connectivity index (χ2v) is 5.15. The average Bonchev–Trinajstić information content (AvgIpc) is 2.83. The Balaban J connectivity index is 2.00. The average molecular weight is 264 g/mol. The standard InChI is InChI=1S/C14H24N4O/c1-3-12-13(15-4-2)17-9-18-14(12)16-8-10-5-6-11(19)7-10/h9-11,19H,3-8H2,1-2H3,(H2,15,16,17,18). The van der Waals surface area contributed by atoms with Gasteiger partial charge in [-0.25, -0.2) is 9.97 Å². The first kappa shape index (κ1) is 14.1. The number of aliphatic hydroxyl groups excluding tert-OH is 1. The minimum Gasteiger partial charge on any atom is -0.393 e. The maximum absolute atomic E-state index is 9.55. The van der Waals surface area contributed by atoms with Crippen LogP contribution in [0, 0.1) is 5.92 Å². The number of nitrogens with one attached hydrogen (secondary N) is 2. The molecule has 1 aromatic heterocycles. The monoisotopic (exact) mass is 264 g/mol. The van der Waals surface area contributed by atoms with Gasteiger partial charge >= 0.3 is 0 Å². The molecule has 1 saturated carbocycles. The molecule has 0 aliphatic heterocycles. The summed E-state index contributed by atoms with van der Waals surface area (Å²) in [5.74, 6) is 2.40. The topological polar surface area (TPSA) is 70.1 Å². The van der Waals surface area contributed by atoms with E-state index in [1.54, 1.807) is 6.33 Å². The first-order valence-electron chi connectivity index (χ1n) is 7.24. The Kier molecular flexibility index (Phi) is 4.96. The molecule has 0 bridgehead atoms. The zero-order chi connectivity index (χ0) is 13.7. The highest BCUT2D eigenvalue weighted by Crippen LogP contribution is 2.26. The normalized spacial score (nSPS) is 22.5.